The molecule has 0 aliphatic heterocycles. The SMILES string of the molecule is C[C@H](N)C(=O)[O-].C[C@H](N)C(=O)[O-].C[C@H](N)C(=O)[O-].[Na+].[Na+].[Na+]. The van der Waals surface area contributed by atoms with Crippen LogP contribution >= 0.6 is 0 Å². The van der Waals surface area contributed by atoms with Crippen LogP contribution in [0.4, 0.5) is 0 Å². The number of nitrogens with two attached hydrogens (primary N) is 3. The van der Waals surface area contributed by atoms with E-state index in [2.05, 4.69) is 0 Å². The Morgan fingerprint density at radius 3 is 0.667 bits per heavy atom. The molecule has 0 aliphatic carbocycles. The molecule has 0 aromatic rings. The van der Waals surface area contributed by atoms with Crippen LogP contribution < -0.4 is 121 Å². The van der Waals surface area contributed by atoms with Gasteiger partial charge in [-0.15, -0.1) is 0 Å². The molecule has 0 spiro atoms. The van der Waals surface area contributed by atoms with E-state index in [1.54, 1.807) is 0 Å². The number of hydrogen-bond donors (Lipinski definition) is 3. The molecule has 108 valence electrons. The van der Waals surface area contributed by atoms with Gasteiger partial charge in [0.1, 0.15) is 0 Å². The second-order valence-corrected chi connectivity index (χ2v) is 3.32. The van der Waals surface area contributed by atoms with Gasteiger partial charge in [0, 0.05) is 18.1 Å². The third-order valence-electron chi connectivity index (χ3n) is 1.12. The molecule has 12 heteroatoms. The van der Waals surface area contributed by atoms with Crippen molar-refractivity contribution in [3.8, 4) is 0 Å². The minimum atomic E-state index is -1.21. The summed E-state index contributed by atoms with van der Waals surface area (Å²) in [4.78, 5) is 28.4. The van der Waals surface area contributed by atoms with E-state index in [-0.39, 0.29) is 88.7 Å². The van der Waals surface area contributed by atoms with Gasteiger partial charge in [0.2, 0.25) is 0 Å². The molecule has 0 rings (SSSR count). The van der Waals surface area contributed by atoms with Crippen LogP contribution in [0, 0.1) is 0 Å². The fourth-order valence-corrected chi connectivity index (χ4v) is 0. The van der Waals surface area contributed by atoms with E-state index in [1.165, 1.54) is 20.8 Å². The third kappa shape index (κ3) is 44.9. The molecular formula is C9H18N3Na3O6. The first-order valence-electron chi connectivity index (χ1n) is 4.82. The van der Waals surface area contributed by atoms with Crippen molar-refractivity contribution >= 4 is 17.9 Å². The summed E-state index contributed by atoms with van der Waals surface area (Å²) in [5, 5.41) is 28.4. The Morgan fingerprint density at radius 2 is 0.667 bits per heavy atom. The van der Waals surface area contributed by atoms with E-state index in [9.17, 15) is 29.7 Å². The monoisotopic (exact) mass is 333 g/mol. The van der Waals surface area contributed by atoms with Crippen LogP contribution in [0.15, 0.2) is 0 Å². The van der Waals surface area contributed by atoms with Gasteiger partial charge in [-0.1, -0.05) is 0 Å². The van der Waals surface area contributed by atoms with E-state index < -0.39 is 36.0 Å². The predicted molar refractivity (Wildman–Crippen MR) is 56.0 cm³/mol. The summed E-state index contributed by atoms with van der Waals surface area (Å²) in [7, 11) is 0. The minimum Gasteiger partial charge on any atom is -0.548 e. The molecular weight excluding hydrogens is 315 g/mol. The standard InChI is InChI=1S/3C3H7NO2.3Na/c3*1-2(4)3(5)6;;;/h3*2H,4H2,1H3,(H,5,6);;;/q;;;3*+1/p-3/t3*2-;;;/m000.../s1. The average Bonchev–Trinajstić information content (AvgIpc) is 2.18. The van der Waals surface area contributed by atoms with Crippen LogP contribution in [-0.4, -0.2) is 36.0 Å². The van der Waals surface area contributed by atoms with E-state index >= 15 is 0 Å². The molecule has 3 atom stereocenters. The van der Waals surface area contributed by atoms with E-state index in [4.69, 9.17) is 17.2 Å². The third-order valence-corrected chi connectivity index (χ3v) is 1.12. The Labute approximate surface area is 190 Å². The first kappa shape index (κ1) is 38.1. The first-order chi connectivity index (χ1) is 7.93. The Bertz CT molecular complexity index is 235. The van der Waals surface area contributed by atoms with Gasteiger partial charge in [0.25, 0.3) is 0 Å². The number of carboxylic acid groups (broad SMARTS) is 3. The van der Waals surface area contributed by atoms with Gasteiger partial charge in [-0.05, 0) is 20.8 Å². The summed E-state index contributed by atoms with van der Waals surface area (Å²) >= 11 is 0. The summed E-state index contributed by atoms with van der Waals surface area (Å²) in [6.07, 6.45) is 0. The van der Waals surface area contributed by atoms with Crippen molar-refractivity contribution < 1.29 is 118 Å². The number of hydrogen-bond acceptors (Lipinski definition) is 9. The molecule has 0 bridgehead atoms. The largest absolute Gasteiger partial charge is 1.00 e. The summed E-state index contributed by atoms with van der Waals surface area (Å²) in [6, 6.07) is -2.53. The molecule has 0 aromatic heterocycles. The van der Waals surface area contributed by atoms with Crippen molar-refractivity contribution in [2.45, 2.75) is 38.9 Å². The zero-order chi connectivity index (χ0) is 15.5. The Balaban J connectivity index is -0.0000000375. The zero-order valence-electron chi connectivity index (χ0n) is 13.4. The van der Waals surface area contributed by atoms with Crippen molar-refractivity contribution in [2.75, 3.05) is 0 Å². The van der Waals surface area contributed by atoms with Crippen LogP contribution in [-0.2, 0) is 14.4 Å². The molecule has 0 radical (unpaired) electrons. The van der Waals surface area contributed by atoms with Crippen molar-refractivity contribution in [3.05, 3.63) is 0 Å². The number of aliphatic carboxylic acids is 3. The molecule has 0 saturated carbocycles. The average molecular weight is 333 g/mol. The van der Waals surface area contributed by atoms with Crippen molar-refractivity contribution in [1.29, 1.82) is 0 Å². The van der Waals surface area contributed by atoms with Gasteiger partial charge in [-0.2, -0.15) is 0 Å². The smallest absolute Gasteiger partial charge is 0.548 e. The van der Waals surface area contributed by atoms with Crippen molar-refractivity contribution in [2.24, 2.45) is 17.2 Å². The van der Waals surface area contributed by atoms with Crippen LogP contribution in [0.1, 0.15) is 20.8 Å². The molecule has 0 heterocycles. The topological polar surface area (TPSA) is 198 Å². The molecule has 21 heavy (non-hydrogen) atoms. The fourth-order valence-electron chi connectivity index (χ4n) is 0. The quantitative estimate of drug-likeness (QED) is 0.419. The fraction of sp³-hybridized carbons (Fsp3) is 0.667. The number of rotatable bonds is 3. The Kier molecular flexibility index (Phi) is 42.7. The first-order valence-corrected chi connectivity index (χ1v) is 4.82. The van der Waals surface area contributed by atoms with Gasteiger partial charge in [-0.3, -0.25) is 0 Å². The molecule has 0 amide bonds. The summed E-state index contributed by atoms with van der Waals surface area (Å²) in [6.45, 7) is 4.07. The van der Waals surface area contributed by atoms with E-state index in [0.717, 1.165) is 0 Å². The normalized spacial score (nSPS) is 11.7. The van der Waals surface area contributed by atoms with Crippen molar-refractivity contribution in [3.63, 3.8) is 0 Å². The maximum atomic E-state index is 9.46. The number of carbonyl (C=O) groups excluding carboxylic acids is 3. The summed E-state index contributed by atoms with van der Waals surface area (Å²) < 4.78 is 0. The molecule has 0 saturated heterocycles. The van der Waals surface area contributed by atoms with E-state index in [1.807, 2.05) is 0 Å². The zero-order valence-corrected chi connectivity index (χ0v) is 19.4. The predicted octanol–water partition coefficient (Wildman–Crippen LogP) is -14.7. The van der Waals surface area contributed by atoms with Gasteiger partial charge < -0.3 is 46.9 Å². The summed E-state index contributed by atoms with van der Waals surface area (Å²) in [5.41, 5.74) is 14.3. The number of carboxylic acids is 3. The molecule has 6 N–H and O–H groups in total. The Morgan fingerprint density at radius 1 is 0.619 bits per heavy atom. The maximum Gasteiger partial charge on any atom is 1.00 e. The van der Waals surface area contributed by atoms with Crippen LogP contribution in [0.2, 0.25) is 0 Å². The second-order valence-electron chi connectivity index (χ2n) is 3.32. The van der Waals surface area contributed by atoms with Crippen LogP contribution in [0.25, 0.3) is 0 Å². The molecule has 0 fully saturated rings. The van der Waals surface area contributed by atoms with E-state index in [0.29, 0.717) is 0 Å². The molecule has 0 aromatic carbocycles. The van der Waals surface area contributed by atoms with Gasteiger partial charge in [0.05, 0.1) is 17.9 Å². The van der Waals surface area contributed by atoms with Gasteiger partial charge >= 0.3 is 88.7 Å². The van der Waals surface area contributed by atoms with Gasteiger partial charge in [0.15, 0.2) is 0 Å². The van der Waals surface area contributed by atoms with Crippen molar-refractivity contribution in [1.82, 2.24) is 0 Å². The Hall–Kier alpha value is 1.29. The van der Waals surface area contributed by atoms with Crippen LogP contribution in [0.5, 0.6) is 0 Å². The molecule has 0 aliphatic rings. The van der Waals surface area contributed by atoms with Gasteiger partial charge in [-0.25, -0.2) is 0 Å². The maximum absolute atomic E-state index is 9.46. The molecule has 9 nitrogen and oxygen atoms in total. The second kappa shape index (κ2) is 23.6. The minimum absolute atomic E-state index is 0. The van der Waals surface area contributed by atoms with Crippen LogP contribution in [0.3, 0.4) is 0 Å². The summed E-state index contributed by atoms with van der Waals surface area (Å²) in [5.74, 6) is -3.64. The number of carbonyl (C=O) groups is 3. The molecule has 0 unspecified atom stereocenters.